The molecular weight excluding hydrogens is 244 g/mol. The van der Waals surface area contributed by atoms with Crippen LogP contribution in [0, 0.1) is 18.6 Å². The summed E-state index contributed by atoms with van der Waals surface area (Å²) < 4.78 is 27.3. The third kappa shape index (κ3) is 3.11. The summed E-state index contributed by atoms with van der Waals surface area (Å²) in [5, 5.41) is 2.83. The van der Waals surface area contributed by atoms with Crippen molar-refractivity contribution >= 4 is 5.69 Å². The second-order valence-corrected chi connectivity index (χ2v) is 4.58. The summed E-state index contributed by atoms with van der Waals surface area (Å²) in [4.78, 5) is 0. The molecule has 2 aromatic rings. The molecule has 0 atom stereocenters. The Morgan fingerprint density at radius 1 is 0.947 bits per heavy atom. The van der Waals surface area contributed by atoms with Crippen molar-refractivity contribution in [3.8, 4) is 0 Å². The van der Waals surface area contributed by atoms with E-state index in [-0.39, 0.29) is 5.69 Å². The van der Waals surface area contributed by atoms with Gasteiger partial charge in [-0.25, -0.2) is 8.78 Å². The van der Waals surface area contributed by atoms with Crippen molar-refractivity contribution in [2.75, 3.05) is 5.32 Å². The van der Waals surface area contributed by atoms with Gasteiger partial charge >= 0.3 is 0 Å². The maximum Gasteiger partial charge on any atom is 0.152 e. The lowest BCUT2D eigenvalue weighted by atomic mass is 10.1. The Balaban J connectivity index is 2.12. The van der Waals surface area contributed by atoms with Crippen LogP contribution in [-0.4, -0.2) is 0 Å². The van der Waals surface area contributed by atoms with Gasteiger partial charge in [-0.3, -0.25) is 0 Å². The first-order valence-corrected chi connectivity index (χ1v) is 6.38. The molecule has 0 radical (unpaired) electrons. The van der Waals surface area contributed by atoms with E-state index in [1.165, 1.54) is 17.7 Å². The molecule has 3 heteroatoms. The van der Waals surface area contributed by atoms with Gasteiger partial charge in [0.2, 0.25) is 0 Å². The van der Waals surface area contributed by atoms with Gasteiger partial charge in [-0.05, 0) is 36.1 Å². The number of hydrogen-bond acceptors (Lipinski definition) is 1. The molecule has 1 N–H and O–H groups in total. The van der Waals surface area contributed by atoms with Crippen molar-refractivity contribution in [1.82, 2.24) is 0 Å². The molecule has 100 valence electrons. The minimum absolute atomic E-state index is 0.0560. The summed E-state index contributed by atoms with van der Waals surface area (Å²) in [5.74, 6) is -1.08. The first-order chi connectivity index (χ1) is 9.11. The second kappa shape index (κ2) is 5.83. The fourth-order valence-corrected chi connectivity index (χ4v) is 1.90. The van der Waals surface area contributed by atoms with Crippen LogP contribution in [0.3, 0.4) is 0 Å². The van der Waals surface area contributed by atoms with Crippen LogP contribution in [0.2, 0.25) is 0 Å². The van der Waals surface area contributed by atoms with E-state index in [2.05, 4.69) is 12.2 Å². The molecule has 0 amide bonds. The summed E-state index contributed by atoms with van der Waals surface area (Å²) in [6.45, 7) is 4.11. The second-order valence-electron chi connectivity index (χ2n) is 4.58. The lowest BCUT2D eigenvalue weighted by molar-refractivity contribution is 0.582. The van der Waals surface area contributed by atoms with Gasteiger partial charge in [0.15, 0.2) is 5.82 Å². The summed E-state index contributed by atoms with van der Waals surface area (Å²) in [6, 6.07) is 10.7. The molecule has 19 heavy (non-hydrogen) atoms. The largest absolute Gasteiger partial charge is 0.376 e. The quantitative estimate of drug-likeness (QED) is 0.857. The molecule has 0 aromatic heterocycles. The molecule has 0 saturated heterocycles. The van der Waals surface area contributed by atoms with Gasteiger partial charge in [0.05, 0.1) is 0 Å². The minimum Gasteiger partial charge on any atom is -0.376 e. The lowest BCUT2D eigenvalue weighted by Gasteiger charge is -2.10. The Hall–Kier alpha value is -1.90. The van der Waals surface area contributed by atoms with Gasteiger partial charge in [0.25, 0.3) is 0 Å². The van der Waals surface area contributed by atoms with Crippen LogP contribution in [0.1, 0.15) is 23.6 Å². The molecule has 1 nitrogen and oxygen atoms in total. The standard InChI is InChI=1S/C16H17F2N/c1-3-12-5-7-13(8-6-12)10-19-16-14(17)9-4-11(2)15(16)18/h4-9,19H,3,10H2,1-2H3. The molecule has 0 heterocycles. The van der Waals surface area contributed by atoms with Crippen molar-refractivity contribution in [2.45, 2.75) is 26.8 Å². The molecule has 0 fully saturated rings. The van der Waals surface area contributed by atoms with Crippen LogP contribution in [0.25, 0.3) is 0 Å². The highest BCUT2D eigenvalue weighted by atomic mass is 19.1. The molecule has 0 bridgehead atoms. The normalized spacial score (nSPS) is 10.5. The number of anilines is 1. The monoisotopic (exact) mass is 261 g/mol. The summed E-state index contributed by atoms with van der Waals surface area (Å²) in [5.41, 5.74) is 2.62. The van der Waals surface area contributed by atoms with E-state index < -0.39 is 11.6 Å². The zero-order valence-electron chi connectivity index (χ0n) is 11.1. The molecule has 2 rings (SSSR count). The van der Waals surface area contributed by atoms with Gasteiger partial charge < -0.3 is 5.32 Å². The minimum atomic E-state index is -0.562. The number of benzene rings is 2. The molecule has 0 aliphatic carbocycles. The van der Waals surface area contributed by atoms with E-state index in [0.29, 0.717) is 12.1 Å². The van der Waals surface area contributed by atoms with Crippen molar-refractivity contribution in [2.24, 2.45) is 0 Å². The molecule has 0 aliphatic heterocycles. The number of rotatable bonds is 4. The maximum absolute atomic E-state index is 13.8. The average Bonchev–Trinajstić information content (AvgIpc) is 2.44. The Kier molecular flexibility index (Phi) is 4.15. The number of halogens is 2. The Morgan fingerprint density at radius 3 is 2.21 bits per heavy atom. The van der Waals surface area contributed by atoms with Gasteiger partial charge in [0.1, 0.15) is 11.5 Å². The highest BCUT2D eigenvalue weighted by molar-refractivity contribution is 5.49. The van der Waals surface area contributed by atoms with Crippen LogP contribution < -0.4 is 5.32 Å². The molecule has 2 aromatic carbocycles. The van der Waals surface area contributed by atoms with Gasteiger partial charge in [-0.1, -0.05) is 37.3 Å². The summed E-state index contributed by atoms with van der Waals surface area (Å²) in [6.07, 6.45) is 0.981. The van der Waals surface area contributed by atoms with Crippen molar-refractivity contribution < 1.29 is 8.78 Å². The third-order valence-corrected chi connectivity index (χ3v) is 3.18. The van der Waals surface area contributed by atoms with Gasteiger partial charge in [-0.2, -0.15) is 0 Å². The first-order valence-electron chi connectivity index (χ1n) is 6.38. The summed E-state index contributed by atoms with van der Waals surface area (Å²) in [7, 11) is 0. The molecule has 0 saturated carbocycles. The fourth-order valence-electron chi connectivity index (χ4n) is 1.90. The molecule has 0 unspecified atom stereocenters. The van der Waals surface area contributed by atoms with E-state index in [9.17, 15) is 8.78 Å². The first kappa shape index (κ1) is 13.5. The lowest BCUT2D eigenvalue weighted by Crippen LogP contribution is -2.05. The average molecular weight is 261 g/mol. The van der Waals surface area contributed by atoms with E-state index in [4.69, 9.17) is 0 Å². The van der Waals surface area contributed by atoms with E-state index >= 15 is 0 Å². The fraction of sp³-hybridized carbons (Fsp3) is 0.250. The predicted molar refractivity (Wildman–Crippen MR) is 74.2 cm³/mol. The zero-order valence-corrected chi connectivity index (χ0v) is 11.1. The van der Waals surface area contributed by atoms with E-state index in [1.54, 1.807) is 6.92 Å². The van der Waals surface area contributed by atoms with Crippen LogP contribution in [0.15, 0.2) is 36.4 Å². The van der Waals surface area contributed by atoms with Crippen molar-refractivity contribution in [3.63, 3.8) is 0 Å². The van der Waals surface area contributed by atoms with Crippen molar-refractivity contribution in [3.05, 3.63) is 64.7 Å². The smallest absolute Gasteiger partial charge is 0.152 e. The highest BCUT2D eigenvalue weighted by Crippen LogP contribution is 2.22. The molecule has 0 aliphatic rings. The van der Waals surface area contributed by atoms with Crippen LogP contribution in [0.4, 0.5) is 14.5 Å². The molecular formula is C16H17F2N. The molecule has 0 spiro atoms. The predicted octanol–water partition coefficient (Wildman–Crippen LogP) is 4.45. The Labute approximate surface area is 112 Å². The topological polar surface area (TPSA) is 12.0 Å². The van der Waals surface area contributed by atoms with Crippen LogP contribution in [-0.2, 0) is 13.0 Å². The number of hydrogen-bond donors (Lipinski definition) is 1. The van der Waals surface area contributed by atoms with Gasteiger partial charge in [-0.15, -0.1) is 0 Å². The van der Waals surface area contributed by atoms with Crippen molar-refractivity contribution in [1.29, 1.82) is 0 Å². The third-order valence-electron chi connectivity index (χ3n) is 3.18. The Bertz CT molecular complexity index is 562. The van der Waals surface area contributed by atoms with Crippen LogP contribution in [0.5, 0.6) is 0 Å². The SMILES string of the molecule is CCc1ccc(CNc2c(F)ccc(C)c2F)cc1. The number of aryl methyl sites for hydroxylation is 2. The zero-order chi connectivity index (χ0) is 13.8. The van der Waals surface area contributed by atoms with E-state index in [0.717, 1.165) is 12.0 Å². The summed E-state index contributed by atoms with van der Waals surface area (Å²) >= 11 is 0. The van der Waals surface area contributed by atoms with E-state index in [1.807, 2.05) is 24.3 Å². The number of nitrogens with one attached hydrogen (secondary N) is 1. The van der Waals surface area contributed by atoms with Crippen LogP contribution >= 0.6 is 0 Å². The Morgan fingerprint density at radius 2 is 1.58 bits per heavy atom. The maximum atomic E-state index is 13.8. The van der Waals surface area contributed by atoms with Gasteiger partial charge in [0, 0.05) is 6.54 Å². The highest BCUT2D eigenvalue weighted by Gasteiger charge is 2.10.